The number of carbonyl (C=O) groups excluding carboxylic acids is 1. The van der Waals surface area contributed by atoms with Crippen LogP contribution >= 0.6 is 11.6 Å². The SMILES string of the molecule is COc1ccc(NC(=O)Cn2cc(S(=O)(=O)Cc3ccccc3Cl)c3ccccc32)c(OC)c1. The van der Waals surface area contributed by atoms with Crippen molar-refractivity contribution in [1.29, 1.82) is 0 Å². The summed E-state index contributed by atoms with van der Waals surface area (Å²) in [7, 11) is -0.682. The van der Waals surface area contributed by atoms with E-state index in [9.17, 15) is 13.2 Å². The average molecular weight is 499 g/mol. The largest absolute Gasteiger partial charge is 0.497 e. The van der Waals surface area contributed by atoms with E-state index in [0.717, 1.165) is 0 Å². The zero-order valence-corrected chi connectivity index (χ0v) is 20.2. The van der Waals surface area contributed by atoms with Gasteiger partial charge in [-0.25, -0.2) is 8.42 Å². The lowest BCUT2D eigenvalue weighted by molar-refractivity contribution is -0.116. The normalized spacial score (nSPS) is 11.4. The Morgan fingerprint density at radius 1 is 1.00 bits per heavy atom. The Balaban J connectivity index is 1.64. The first-order valence-electron chi connectivity index (χ1n) is 10.4. The Bertz CT molecular complexity index is 1460. The van der Waals surface area contributed by atoms with E-state index in [0.29, 0.717) is 38.7 Å². The van der Waals surface area contributed by atoms with Crippen molar-refractivity contribution < 1.29 is 22.7 Å². The zero-order chi connectivity index (χ0) is 24.3. The van der Waals surface area contributed by atoms with Gasteiger partial charge in [-0.15, -0.1) is 0 Å². The topological polar surface area (TPSA) is 86.6 Å². The van der Waals surface area contributed by atoms with Crippen molar-refractivity contribution in [2.45, 2.75) is 17.2 Å². The highest BCUT2D eigenvalue weighted by molar-refractivity contribution is 7.90. The fourth-order valence-electron chi connectivity index (χ4n) is 3.74. The molecule has 3 aromatic carbocycles. The maximum Gasteiger partial charge on any atom is 0.244 e. The van der Waals surface area contributed by atoms with Gasteiger partial charge in [-0.05, 0) is 29.8 Å². The first kappa shape index (κ1) is 23.7. The van der Waals surface area contributed by atoms with Gasteiger partial charge in [0.2, 0.25) is 5.91 Å². The fourth-order valence-corrected chi connectivity index (χ4v) is 5.63. The molecule has 7 nitrogen and oxygen atoms in total. The van der Waals surface area contributed by atoms with Crippen LogP contribution in [-0.4, -0.2) is 33.1 Å². The highest BCUT2D eigenvalue weighted by Gasteiger charge is 2.23. The number of carbonyl (C=O) groups is 1. The number of hydrogen-bond donors (Lipinski definition) is 1. The van der Waals surface area contributed by atoms with Crippen molar-refractivity contribution in [2.75, 3.05) is 19.5 Å². The van der Waals surface area contributed by atoms with Gasteiger partial charge in [-0.2, -0.15) is 0 Å². The smallest absolute Gasteiger partial charge is 0.244 e. The van der Waals surface area contributed by atoms with Crippen LogP contribution in [0.25, 0.3) is 10.9 Å². The van der Waals surface area contributed by atoms with Gasteiger partial charge in [-0.1, -0.05) is 48.0 Å². The van der Waals surface area contributed by atoms with E-state index in [1.165, 1.54) is 13.3 Å². The third-order valence-electron chi connectivity index (χ3n) is 5.39. The third kappa shape index (κ3) is 4.88. The number of ether oxygens (including phenoxy) is 2. The van der Waals surface area contributed by atoms with E-state index in [2.05, 4.69) is 5.32 Å². The number of fused-ring (bicyclic) bond motifs is 1. The minimum absolute atomic E-state index is 0.0860. The van der Waals surface area contributed by atoms with E-state index >= 15 is 0 Å². The maximum absolute atomic E-state index is 13.3. The Hall–Kier alpha value is -3.49. The predicted molar refractivity (Wildman–Crippen MR) is 132 cm³/mol. The van der Waals surface area contributed by atoms with E-state index < -0.39 is 9.84 Å². The molecule has 176 valence electrons. The molecule has 1 amide bonds. The molecule has 9 heteroatoms. The number of anilines is 1. The third-order valence-corrected chi connectivity index (χ3v) is 7.44. The molecule has 1 N–H and O–H groups in total. The Kier molecular flexibility index (Phi) is 6.81. The van der Waals surface area contributed by atoms with Crippen molar-refractivity contribution in [3.05, 3.63) is 83.5 Å². The molecule has 0 saturated heterocycles. The van der Waals surface area contributed by atoms with Gasteiger partial charge in [-0.3, -0.25) is 4.79 Å². The lowest BCUT2D eigenvalue weighted by atomic mass is 10.2. The molecule has 0 aliphatic rings. The molecular weight excluding hydrogens is 476 g/mol. The molecule has 0 radical (unpaired) electrons. The minimum atomic E-state index is -3.73. The molecule has 0 atom stereocenters. The first-order chi connectivity index (χ1) is 16.3. The van der Waals surface area contributed by atoms with Crippen LogP contribution in [0.15, 0.2) is 77.8 Å². The van der Waals surface area contributed by atoms with Gasteiger partial charge < -0.3 is 19.4 Å². The van der Waals surface area contributed by atoms with Crippen LogP contribution in [-0.2, 0) is 26.9 Å². The molecule has 34 heavy (non-hydrogen) atoms. The van der Waals surface area contributed by atoms with Crippen LogP contribution in [0.2, 0.25) is 5.02 Å². The number of amides is 1. The molecule has 0 fully saturated rings. The molecule has 0 unspecified atom stereocenters. The number of nitrogens with one attached hydrogen (secondary N) is 1. The summed E-state index contributed by atoms with van der Waals surface area (Å²) in [6.45, 7) is -0.0860. The summed E-state index contributed by atoms with van der Waals surface area (Å²) >= 11 is 6.19. The maximum atomic E-state index is 13.3. The van der Waals surface area contributed by atoms with Crippen LogP contribution < -0.4 is 14.8 Å². The summed E-state index contributed by atoms with van der Waals surface area (Å²) in [4.78, 5) is 13.0. The highest BCUT2D eigenvalue weighted by Crippen LogP contribution is 2.31. The fraction of sp³-hybridized carbons (Fsp3) is 0.160. The summed E-state index contributed by atoms with van der Waals surface area (Å²) in [6.07, 6.45) is 1.50. The summed E-state index contributed by atoms with van der Waals surface area (Å²) in [5, 5.41) is 3.75. The quantitative estimate of drug-likeness (QED) is 0.372. The molecule has 4 rings (SSSR count). The highest BCUT2D eigenvalue weighted by atomic mass is 35.5. The van der Waals surface area contributed by atoms with Crippen LogP contribution in [0.5, 0.6) is 11.5 Å². The van der Waals surface area contributed by atoms with E-state index in [4.69, 9.17) is 21.1 Å². The summed E-state index contributed by atoms with van der Waals surface area (Å²) in [5.74, 6) is 0.475. The molecule has 0 aliphatic heterocycles. The van der Waals surface area contributed by atoms with Crippen molar-refractivity contribution in [2.24, 2.45) is 0 Å². The van der Waals surface area contributed by atoms with Crippen molar-refractivity contribution >= 4 is 43.9 Å². The van der Waals surface area contributed by atoms with Crippen molar-refractivity contribution in [1.82, 2.24) is 4.57 Å². The molecular formula is C25H23ClN2O5S. The number of aromatic nitrogens is 1. The van der Waals surface area contributed by atoms with Crippen molar-refractivity contribution in [3.63, 3.8) is 0 Å². The van der Waals surface area contributed by atoms with E-state index in [-0.39, 0.29) is 23.1 Å². The Morgan fingerprint density at radius 2 is 1.74 bits per heavy atom. The number of nitrogens with zero attached hydrogens (tertiary/aromatic N) is 1. The summed E-state index contributed by atoms with van der Waals surface area (Å²) < 4.78 is 38.7. The minimum Gasteiger partial charge on any atom is -0.497 e. The number of sulfone groups is 1. The number of hydrogen-bond acceptors (Lipinski definition) is 5. The van der Waals surface area contributed by atoms with Crippen LogP contribution in [0, 0.1) is 0 Å². The van der Waals surface area contributed by atoms with E-state index in [1.807, 2.05) is 0 Å². The Labute approximate surface area is 202 Å². The molecule has 1 heterocycles. The van der Waals surface area contributed by atoms with E-state index in [1.54, 1.807) is 78.4 Å². The second-order valence-corrected chi connectivity index (χ2v) is 9.97. The lowest BCUT2D eigenvalue weighted by Gasteiger charge is -2.12. The Morgan fingerprint density at radius 3 is 2.47 bits per heavy atom. The molecule has 4 aromatic rings. The molecule has 1 aromatic heterocycles. The van der Waals surface area contributed by atoms with Crippen molar-refractivity contribution in [3.8, 4) is 11.5 Å². The van der Waals surface area contributed by atoms with Crippen LogP contribution in [0.1, 0.15) is 5.56 Å². The monoisotopic (exact) mass is 498 g/mol. The number of benzene rings is 3. The number of halogens is 1. The molecule has 0 aliphatic carbocycles. The number of rotatable bonds is 8. The second-order valence-electron chi connectivity index (χ2n) is 7.60. The summed E-state index contributed by atoms with van der Waals surface area (Å²) in [6, 6.07) is 19.0. The first-order valence-corrected chi connectivity index (χ1v) is 12.4. The summed E-state index contributed by atoms with van der Waals surface area (Å²) in [5.41, 5.74) is 1.64. The number of para-hydroxylation sites is 1. The van der Waals surface area contributed by atoms with Gasteiger partial charge in [0.1, 0.15) is 18.0 Å². The zero-order valence-electron chi connectivity index (χ0n) is 18.6. The predicted octanol–water partition coefficient (Wildman–Crippen LogP) is 4.92. The van der Waals surface area contributed by atoms with Gasteiger partial charge in [0.15, 0.2) is 9.84 Å². The molecule has 0 bridgehead atoms. The molecule has 0 saturated carbocycles. The van der Waals surface area contributed by atoms with Gasteiger partial charge in [0.25, 0.3) is 0 Å². The van der Waals surface area contributed by atoms with Gasteiger partial charge in [0.05, 0.1) is 30.6 Å². The second kappa shape index (κ2) is 9.79. The number of methoxy groups -OCH3 is 2. The van der Waals surface area contributed by atoms with Crippen LogP contribution in [0.3, 0.4) is 0 Å². The van der Waals surface area contributed by atoms with Crippen LogP contribution in [0.4, 0.5) is 5.69 Å². The molecule has 0 spiro atoms. The standard InChI is InChI=1S/C25H23ClN2O5S/c1-32-18-11-12-21(23(13-18)33-2)27-25(29)15-28-14-24(19-8-4-6-10-22(19)28)34(30,31)16-17-7-3-5-9-20(17)26/h3-14H,15-16H2,1-2H3,(H,27,29). The lowest BCUT2D eigenvalue weighted by Crippen LogP contribution is -2.18. The van der Waals surface area contributed by atoms with Gasteiger partial charge >= 0.3 is 0 Å². The van der Waals surface area contributed by atoms with Gasteiger partial charge in [0, 0.05) is 28.2 Å². The average Bonchev–Trinajstić information content (AvgIpc) is 3.20.